The molecular weight excluding hydrogens is 388 g/mol. The molecule has 1 amide bonds. The molecule has 0 aliphatic rings. The lowest BCUT2D eigenvalue weighted by Gasteiger charge is -2.15. The Bertz CT molecular complexity index is 861. The van der Waals surface area contributed by atoms with Gasteiger partial charge in [-0.3, -0.25) is 9.69 Å². The van der Waals surface area contributed by atoms with Crippen molar-refractivity contribution >= 4 is 27.5 Å². The molecule has 0 fully saturated rings. The van der Waals surface area contributed by atoms with Gasteiger partial charge in [0.05, 0.1) is 19.4 Å². The summed E-state index contributed by atoms with van der Waals surface area (Å²) in [6, 6.07) is 9.20. The Morgan fingerprint density at radius 2 is 2.16 bits per heavy atom. The number of nitrogens with zero attached hydrogens (tertiary/aromatic N) is 3. The summed E-state index contributed by atoms with van der Waals surface area (Å²) in [5.41, 5.74) is 1.78. The molecule has 25 heavy (non-hydrogen) atoms. The molecule has 0 saturated heterocycles. The predicted octanol–water partition coefficient (Wildman–Crippen LogP) is 3.47. The number of benzene rings is 1. The first-order chi connectivity index (χ1) is 12.0. The highest BCUT2D eigenvalue weighted by Gasteiger charge is 2.14. The quantitative estimate of drug-likeness (QED) is 0.676. The molecule has 130 valence electrons. The van der Waals surface area contributed by atoms with Crippen LogP contribution in [0.5, 0.6) is 0 Å². The Morgan fingerprint density at radius 3 is 2.88 bits per heavy atom. The van der Waals surface area contributed by atoms with E-state index in [1.165, 1.54) is 0 Å². The second-order valence-electron chi connectivity index (χ2n) is 5.66. The van der Waals surface area contributed by atoms with Crippen LogP contribution in [0.15, 0.2) is 49.9 Å². The van der Waals surface area contributed by atoms with Crippen LogP contribution in [0.2, 0.25) is 0 Å². The maximum Gasteiger partial charge on any atom is 0.283 e. The van der Waals surface area contributed by atoms with Crippen LogP contribution in [0.1, 0.15) is 11.5 Å². The van der Waals surface area contributed by atoms with Gasteiger partial charge in [0.1, 0.15) is 0 Å². The van der Waals surface area contributed by atoms with E-state index < -0.39 is 0 Å². The van der Waals surface area contributed by atoms with Crippen LogP contribution in [0, 0.1) is 6.92 Å². The number of hydrogen-bond donors (Lipinski definition) is 1. The fraction of sp³-hybridized carbons (Fsp3) is 0.235. The Labute approximate surface area is 153 Å². The van der Waals surface area contributed by atoms with Crippen molar-refractivity contribution in [1.82, 2.24) is 15.1 Å². The summed E-state index contributed by atoms with van der Waals surface area (Å²) < 4.78 is 11.7. The second kappa shape index (κ2) is 7.62. The molecule has 8 heteroatoms. The van der Waals surface area contributed by atoms with Crippen molar-refractivity contribution in [1.29, 1.82) is 0 Å². The minimum absolute atomic E-state index is 0.112. The zero-order valence-electron chi connectivity index (χ0n) is 13.8. The van der Waals surface area contributed by atoms with E-state index in [-0.39, 0.29) is 12.5 Å². The average molecular weight is 405 g/mol. The Kier molecular flexibility index (Phi) is 5.30. The molecule has 2 aromatic heterocycles. The molecule has 3 rings (SSSR count). The number of likely N-dealkylation sites (N-methyl/N-ethyl adjacent to an activating group) is 1. The zero-order valence-corrected chi connectivity index (χ0v) is 15.4. The van der Waals surface area contributed by atoms with Crippen LogP contribution in [-0.4, -0.2) is 34.6 Å². The number of rotatable bonds is 6. The molecular formula is C17H17BrN4O3. The third kappa shape index (κ3) is 4.55. The van der Waals surface area contributed by atoms with Gasteiger partial charge in [-0.1, -0.05) is 15.9 Å². The first kappa shape index (κ1) is 17.4. The Hall–Kier alpha value is -2.45. The molecule has 0 aliphatic heterocycles. The van der Waals surface area contributed by atoms with E-state index in [0.717, 1.165) is 15.7 Å². The summed E-state index contributed by atoms with van der Waals surface area (Å²) in [6.45, 7) is 2.51. The summed E-state index contributed by atoms with van der Waals surface area (Å²) in [7, 11) is 1.81. The van der Waals surface area contributed by atoms with Crippen molar-refractivity contribution < 1.29 is 13.6 Å². The van der Waals surface area contributed by atoms with Crippen molar-refractivity contribution in [2.75, 3.05) is 18.9 Å². The smallest absolute Gasteiger partial charge is 0.283 e. The first-order valence-electron chi connectivity index (χ1n) is 7.62. The average Bonchev–Trinajstić information content (AvgIpc) is 3.21. The molecule has 0 atom stereocenters. The van der Waals surface area contributed by atoms with Gasteiger partial charge in [0.2, 0.25) is 11.8 Å². The van der Waals surface area contributed by atoms with Crippen LogP contribution in [0.3, 0.4) is 0 Å². The highest BCUT2D eigenvalue weighted by atomic mass is 79.9. The second-order valence-corrected chi connectivity index (χ2v) is 6.57. The topological polar surface area (TPSA) is 84.4 Å². The van der Waals surface area contributed by atoms with E-state index >= 15 is 0 Å². The largest absolute Gasteiger partial charge is 0.459 e. The van der Waals surface area contributed by atoms with E-state index in [2.05, 4.69) is 31.4 Å². The zero-order chi connectivity index (χ0) is 17.8. The SMILES string of the molecule is Cc1cc(Br)ccc1NC(=O)CN(C)Cc1nnc(-c2ccco2)o1. The van der Waals surface area contributed by atoms with Gasteiger partial charge in [-0.15, -0.1) is 10.2 Å². The third-order valence-corrected chi connectivity index (χ3v) is 3.97. The minimum atomic E-state index is -0.112. The van der Waals surface area contributed by atoms with Crippen LogP contribution in [0.25, 0.3) is 11.7 Å². The maximum atomic E-state index is 12.2. The molecule has 1 N–H and O–H groups in total. The summed E-state index contributed by atoms with van der Waals surface area (Å²) >= 11 is 3.41. The summed E-state index contributed by atoms with van der Waals surface area (Å²) in [6.07, 6.45) is 1.54. The summed E-state index contributed by atoms with van der Waals surface area (Å²) in [4.78, 5) is 14.0. The van der Waals surface area contributed by atoms with Crippen LogP contribution in [-0.2, 0) is 11.3 Å². The molecule has 2 heterocycles. The van der Waals surface area contributed by atoms with Gasteiger partial charge in [-0.2, -0.15) is 0 Å². The highest BCUT2D eigenvalue weighted by molar-refractivity contribution is 9.10. The number of aryl methyl sites for hydroxylation is 1. The van der Waals surface area contributed by atoms with E-state index in [0.29, 0.717) is 24.1 Å². The molecule has 1 aromatic carbocycles. The van der Waals surface area contributed by atoms with Crippen molar-refractivity contribution in [3.8, 4) is 11.7 Å². The van der Waals surface area contributed by atoms with Gasteiger partial charge >= 0.3 is 0 Å². The number of hydrogen-bond acceptors (Lipinski definition) is 6. The molecule has 7 nitrogen and oxygen atoms in total. The number of aromatic nitrogens is 2. The maximum absolute atomic E-state index is 12.2. The Morgan fingerprint density at radius 1 is 1.32 bits per heavy atom. The first-order valence-corrected chi connectivity index (χ1v) is 8.41. The van der Waals surface area contributed by atoms with Crippen LogP contribution in [0.4, 0.5) is 5.69 Å². The fourth-order valence-corrected chi connectivity index (χ4v) is 2.78. The number of anilines is 1. The van der Waals surface area contributed by atoms with Crippen molar-refractivity contribution in [3.05, 3.63) is 52.5 Å². The molecule has 0 bridgehead atoms. The van der Waals surface area contributed by atoms with Gasteiger partial charge < -0.3 is 14.2 Å². The standard InChI is InChI=1S/C17H17BrN4O3/c1-11-8-12(18)5-6-13(11)19-15(23)9-22(2)10-16-20-21-17(25-16)14-4-3-7-24-14/h3-8H,9-10H2,1-2H3,(H,19,23). The van der Waals surface area contributed by atoms with E-state index in [1.54, 1.807) is 23.3 Å². The van der Waals surface area contributed by atoms with Crippen LogP contribution >= 0.6 is 15.9 Å². The number of carbonyl (C=O) groups is 1. The molecule has 0 spiro atoms. The van der Waals surface area contributed by atoms with Crippen molar-refractivity contribution in [2.24, 2.45) is 0 Å². The third-order valence-electron chi connectivity index (χ3n) is 3.48. The summed E-state index contributed by atoms with van der Waals surface area (Å²) in [5.74, 6) is 1.15. The molecule has 0 radical (unpaired) electrons. The number of carbonyl (C=O) groups excluding carboxylic acids is 1. The lowest BCUT2D eigenvalue weighted by Crippen LogP contribution is -2.30. The van der Waals surface area contributed by atoms with Gasteiger partial charge in [0, 0.05) is 10.2 Å². The van der Waals surface area contributed by atoms with Crippen molar-refractivity contribution in [3.63, 3.8) is 0 Å². The van der Waals surface area contributed by atoms with Gasteiger partial charge in [0.25, 0.3) is 5.89 Å². The number of nitrogens with one attached hydrogen (secondary N) is 1. The lowest BCUT2D eigenvalue weighted by atomic mass is 10.2. The molecule has 0 saturated carbocycles. The van der Waals surface area contributed by atoms with E-state index in [1.807, 2.05) is 32.2 Å². The number of furan rings is 1. The van der Waals surface area contributed by atoms with Crippen LogP contribution < -0.4 is 5.32 Å². The normalized spacial score (nSPS) is 11.0. The van der Waals surface area contributed by atoms with E-state index in [9.17, 15) is 4.79 Å². The van der Waals surface area contributed by atoms with Crippen molar-refractivity contribution in [2.45, 2.75) is 13.5 Å². The molecule has 0 unspecified atom stereocenters. The number of halogens is 1. The van der Waals surface area contributed by atoms with Gasteiger partial charge in [0.15, 0.2) is 5.76 Å². The minimum Gasteiger partial charge on any atom is -0.459 e. The fourth-order valence-electron chi connectivity index (χ4n) is 2.31. The number of amides is 1. The summed E-state index contributed by atoms with van der Waals surface area (Å²) in [5, 5.41) is 10.8. The predicted molar refractivity (Wildman–Crippen MR) is 95.8 cm³/mol. The molecule has 0 aliphatic carbocycles. The van der Waals surface area contributed by atoms with Gasteiger partial charge in [-0.25, -0.2) is 0 Å². The van der Waals surface area contributed by atoms with Gasteiger partial charge in [-0.05, 0) is 49.9 Å². The van der Waals surface area contributed by atoms with E-state index in [4.69, 9.17) is 8.83 Å². The monoisotopic (exact) mass is 404 g/mol. The highest BCUT2D eigenvalue weighted by Crippen LogP contribution is 2.20. The lowest BCUT2D eigenvalue weighted by molar-refractivity contribution is -0.117. The Balaban J connectivity index is 1.55. The molecule has 3 aromatic rings.